The Morgan fingerprint density at radius 2 is 2.32 bits per heavy atom. The van der Waals surface area contributed by atoms with E-state index < -0.39 is 0 Å². The summed E-state index contributed by atoms with van der Waals surface area (Å²) in [7, 11) is 3.20. The summed E-state index contributed by atoms with van der Waals surface area (Å²) in [5.74, 6) is 0.0295. The van der Waals surface area contributed by atoms with Crippen LogP contribution in [0.15, 0.2) is 30.9 Å². The molecule has 1 aliphatic rings. The van der Waals surface area contributed by atoms with Crippen LogP contribution < -0.4 is 10.1 Å². The van der Waals surface area contributed by atoms with E-state index >= 15 is 0 Å². The van der Waals surface area contributed by atoms with Gasteiger partial charge in [0.15, 0.2) is 0 Å². The van der Waals surface area contributed by atoms with Crippen LogP contribution in [-0.2, 0) is 14.3 Å². The van der Waals surface area contributed by atoms with Crippen LogP contribution in [0.25, 0.3) is 0 Å². The van der Waals surface area contributed by atoms with E-state index in [4.69, 9.17) is 9.47 Å². The minimum Gasteiger partial charge on any atom is -0.491 e. The van der Waals surface area contributed by atoms with Crippen molar-refractivity contribution in [1.82, 2.24) is 4.90 Å². The van der Waals surface area contributed by atoms with Crippen LogP contribution >= 0.6 is 0 Å². The highest BCUT2D eigenvalue weighted by Crippen LogP contribution is 2.39. The highest BCUT2D eigenvalue weighted by Gasteiger charge is 2.24. The Kier molecular flexibility index (Phi) is 5.16. The molecule has 2 rings (SSSR count). The molecule has 0 aliphatic carbocycles. The Bertz CT molecular complexity index is 586. The van der Waals surface area contributed by atoms with Crippen LogP contribution in [0.2, 0.25) is 0 Å². The van der Waals surface area contributed by atoms with Crippen molar-refractivity contribution in [1.29, 1.82) is 0 Å². The normalized spacial score (nSPS) is 16.2. The molecule has 2 amide bonds. The zero-order valence-corrected chi connectivity index (χ0v) is 12.8. The molecule has 1 aromatic rings. The molecule has 0 saturated carbocycles. The van der Waals surface area contributed by atoms with Gasteiger partial charge in [-0.2, -0.15) is 0 Å². The Morgan fingerprint density at radius 1 is 1.55 bits per heavy atom. The summed E-state index contributed by atoms with van der Waals surface area (Å²) in [6, 6.07) is 5.53. The van der Waals surface area contributed by atoms with Gasteiger partial charge in [0.25, 0.3) is 0 Å². The number of hydrogen-bond acceptors (Lipinski definition) is 4. The summed E-state index contributed by atoms with van der Waals surface area (Å²) < 4.78 is 11.1. The summed E-state index contributed by atoms with van der Waals surface area (Å²) in [6.07, 6.45) is 1.91. The number of amides is 2. The fourth-order valence-electron chi connectivity index (χ4n) is 2.38. The number of methoxy groups -OCH3 is 1. The average Bonchev–Trinajstić information content (AvgIpc) is 2.53. The van der Waals surface area contributed by atoms with Gasteiger partial charge in [-0.05, 0) is 12.1 Å². The molecular weight excluding hydrogens is 284 g/mol. The molecular formula is C16H20N2O4. The number of nitrogens with zero attached hydrogens (tertiary/aromatic N) is 1. The Labute approximate surface area is 129 Å². The van der Waals surface area contributed by atoms with Crippen molar-refractivity contribution in [2.24, 2.45) is 0 Å². The van der Waals surface area contributed by atoms with E-state index in [9.17, 15) is 9.59 Å². The van der Waals surface area contributed by atoms with E-state index in [0.717, 1.165) is 12.0 Å². The van der Waals surface area contributed by atoms with Crippen molar-refractivity contribution in [3.63, 3.8) is 0 Å². The third-order valence-electron chi connectivity index (χ3n) is 3.51. The Balaban J connectivity index is 2.12. The van der Waals surface area contributed by atoms with Crippen LogP contribution in [0.4, 0.5) is 5.69 Å². The Morgan fingerprint density at radius 3 is 3.00 bits per heavy atom. The first-order valence-electron chi connectivity index (χ1n) is 7.02. The molecule has 1 unspecified atom stereocenters. The second-order valence-electron chi connectivity index (χ2n) is 5.03. The standard InChI is InChI=1S/C16H20N2O4/c1-4-15(20)18(2)10-14(19)17-12-7-5-6-11-13(21-3)8-9-22-16(11)12/h4-7,13H,1,8-10H2,2-3H3,(H,17,19). The second kappa shape index (κ2) is 7.09. The molecule has 1 heterocycles. The highest BCUT2D eigenvalue weighted by atomic mass is 16.5. The quantitative estimate of drug-likeness (QED) is 0.841. The van der Waals surface area contributed by atoms with Crippen molar-refractivity contribution in [3.8, 4) is 5.75 Å². The van der Waals surface area contributed by atoms with Crippen molar-refractivity contribution in [2.75, 3.05) is 32.6 Å². The number of ether oxygens (including phenoxy) is 2. The van der Waals surface area contributed by atoms with Crippen molar-refractivity contribution in [2.45, 2.75) is 12.5 Å². The van der Waals surface area contributed by atoms with Gasteiger partial charge in [-0.3, -0.25) is 9.59 Å². The fraction of sp³-hybridized carbons (Fsp3) is 0.375. The molecule has 6 nitrogen and oxygen atoms in total. The maximum atomic E-state index is 12.1. The zero-order valence-electron chi connectivity index (χ0n) is 12.8. The molecule has 118 valence electrons. The van der Waals surface area contributed by atoms with Crippen molar-refractivity contribution < 1.29 is 19.1 Å². The molecule has 6 heteroatoms. The lowest BCUT2D eigenvalue weighted by Gasteiger charge is -2.26. The number of nitrogens with one attached hydrogen (secondary N) is 1. The molecule has 0 bridgehead atoms. The molecule has 22 heavy (non-hydrogen) atoms. The molecule has 0 aromatic heterocycles. The van der Waals surface area contributed by atoms with E-state index in [-0.39, 0.29) is 24.5 Å². The monoisotopic (exact) mass is 304 g/mol. The van der Waals surface area contributed by atoms with Crippen molar-refractivity contribution >= 4 is 17.5 Å². The molecule has 1 N–H and O–H groups in total. The highest BCUT2D eigenvalue weighted by molar-refractivity contribution is 5.97. The first-order chi connectivity index (χ1) is 10.6. The zero-order chi connectivity index (χ0) is 16.1. The smallest absolute Gasteiger partial charge is 0.246 e. The number of hydrogen-bond donors (Lipinski definition) is 1. The third kappa shape index (κ3) is 3.46. The first-order valence-corrected chi connectivity index (χ1v) is 7.02. The number of likely N-dealkylation sites (N-methyl/N-ethyl adjacent to an activating group) is 1. The van der Waals surface area contributed by atoms with Gasteiger partial charge in [0.2, 0.25) is 11.8 Å². The third-order valence-corrected chi connectivity index (χ3v) is 3.51. The number of fused-ring (bicyclic) bond motifs is 1. The number of benzene rings is 1. The fourth-order valence-corrected chi connectivity index (χ4v) is 2.38. The van der Waals surface area contributed by atoms with Crippen LogP contribution in [0, 0.1) is 0 Å². The van der Waals surface area contributed by atoms with Gasteiger partial charge < -0.3 is 19.7 Å². The number of carbonyl (C=O) groups excluding carboxylic acids is 2. The topological polar surface area (TPSA) is 67.9 Å². The number of carbonyl (C=O) groups is 2. The average molecular weight is 304 g/mol. The second-order valence-corrected chi connectivity index (χ2v) is 5.03. The van der Waals surface area contributed by atoms with Gasteiger partial charge >= 0.3 is 0 Å². The minimum atomic E-state index is -0.305. The molecule has 0 spiro atoms. The summed E-state index contributed by atoms with van der Waals surface area (Å²) in [5, 5.41) is 2.78. The minimum absolute atomic E-state index is 0.0365. The summed E-state index contributed by atoms with van der Waals surface area (Å²) >= 11 is 0. The van der Waals surface area contributed by atoms with Crippen LogP contribution in [-0.4, -0.2) is 44.0 Å². The number of para-hydroxylation sites is 1. The molecule has 0 radical (unpaired) electrons. The number of anilines is 1. The van der Waals surface area contributed by atoms with E-state index in [2.05, 4.69) is 11.9 Å². The van der Waals surface area contributed by atoms with Gasteiger partial charge in [0.1, 0.15) is 5.75 Å². The molecule has 0 saturated heterocycles. The molecule has 1 aliphatic heterocycles. The lowest BCUT2D eigenvalue weighted by molar-refractivity contribution is -0.129. The van der Waals surface area contributed by atoms with Crippen LogP contribution in [0.3, 0.4) is 0 Å². The summed E-state index contributed by atoms with van der Waals surface area (Å²) in [4.78, 5) is 24.7. The predicted molar refractivity (Wildman–Crippen MR) is 82.8 cm³/mol. The van der Waals surface area contributed by atoms with E-state index in [1.54, 1.807) is 20.2 Å². The van der Waals surface area contributed by atoms with Crippen LogP contribution in [0.5, 0.6) is 5.75 Å². The summed E-state index contributed by atoms with van der Waals surface area (Å²) in [6.45, 7) is 3.87. The van der Waals surface area contributed by atoms with Gasteiger partial charge in [-0.15, -0.1) is 0 Å². The van der Waals surface area contributed by atoms with E-state index in [1.807, 2.05) is 12.1 Å². The van der Waals surface area contributed by atoms with Crippen molar-refractivity contribution in [3.05, 3.63) is 36.4 Å². The summed E-state index contributed by atoms with van der Waals surface area (Å²) in [5.41, 5.74) is 1.51. The first kappa shape index (κ1) is 16.0. The SMILES string of the molecule is C=CC(=O)N(C)CC(=O)Nc1cccc2c1OCCC2OC. The van der Waals surface area contributed by atoms with E-state index in [1.165, 1.54) is 11.0 Å². The number of rotatable bonds is 5. The van der Waals surface area contributed by atoms with E-state index in [0.29, 0.717) is 18.0 Å². The maximum Gasteiger partial charge on any atom is 0.246 e. The maximum absolute atomic E-state index is 12.1. The molecule has 0 fully saturated rings. The molecule has 1 atom stereocenters. The predicted octanol–water partition coefficient (Wildman–Crippen LogP) is 1.74. The Hall–Kier alpha value is -2.34. The van der Waals surface area contributed by atoms with Crippen LogP contribution in [0.1, 0.15) is 18.1 Å². The largest absolute Gasteiger partial charge is 0.491 e. The lowest BCUT2D eigenvalue weighted by atomic mass is 10.0. The van der Waals surface area contributed by atoms with Gasteiger partial charge in [0.05, 0.1) is 24.9 Å². The lowest BCUT2D eigenvalue weighted by Crippen LogP contribution is -2.34. The molecule has 1 aromatic carbocycles. The van der Waals surface area contributed by atoms with Gasteiger partial charge in [0, 0.05) is 26.1 Å². The van der Waals surface area contributed by atoms with Gasteiger partial charge in [-0.1, -0.05) is 18.7 Å². The van der Waals surface area contributed by atoms with Gasteiger partial charge in [-0.25, -0.2) is 0 Å².